The van der Waals surface area contributed by atoms with Gasteiger partial charge >= 0.3 is 5.97 Å². The van der Waals surface area contributed by atoms with Gasteiger partial charge in [-0.05, 0) is 33.6 Å². The molecule has 19 heavy (non-hydrogen) atoms. The summed E-state index contributed by atoms with van der Waals surface area (Å²) in [5, 5.41) is 8.65. The fourth-order valence-corrected chi connectivity index (χ4v) is 1.70. The van der Waals surface area contributed by atoms with E-state index < -0.39 is 5.97 Å². The minimum Gasteiger partial charge on any atom is -0.481 e. The molecule has 0 aliphatic carbocycles. The van der Waals surface area contributed by atoms with Crippen molar-refractivity contribution in [3.63, 3.8) is 0 Å². The van der Waals surface area contributed by atoms with Crippen LogP contribution in [0, 0.1) is 0 Å². The van der Waals surface area contributed by atoms with Crippen LogP contribution in [0.3, 0.4) is 0 Å². The molecule has 1 heterocycles. The van der Waals surface area contributed by atoms with Crippen LogP contribution in [0.1, 0.15) is 5.56 Å². The van der Waals surface area contributed by atoms with E-state index in [9.17, 15) is 9.59 Å². The molecule has 0 aliphatic heterocycles. The lowest BCUT2D eigenvalue weighted by atomic mass is 10.1. The average molecular weight is 325 g/mol. The van der Waals surface area contributed by atoms with Gasteiger partial charge in [0.2, 0.25) is 5.88 Å². The maximum Gasteiger partial charge on any atom is 0.307 e. The molecule has 0 saturated heterocycles. The molecule has 98 valence electrons. The van der Waals surface area contributed by atoms with Crippen LogP contribution in [0.15, 0.2) is 39.9 Å². The number of hydrogen-bond acceptors (Lipinski definition) is 4. The van der Waals surface area contributed by atoms with E-state index in [0.717, 1.165) is 0 Å². The molecule has 0 saturated carbocycles. The van der Waals surface area contributed by atoms with Crippen molar-refractivity contribution in [3.8, 4) is 11.6 Å². The van der Waals surface area contributed by atoms with Crippen LogP contribution in [0.5, 0.6) is 11.6 Å². The molecule has 0 aliphatic rings. The Morgan fingerprint density at radius 1 is 1.37 bits per heavy atom. The second-order valence-corrected chi connectivity index (χ2v) is 4.46. The van der Waals surface area contributed by atoms with Crippen molar-refractivity contribution in [2.24, 2.45) is 0 Å². The van der Waals surface area contributed by atoms with Crippen LogP contribution in [0.25, 0.3) is 0 Å². The Hall–Kier alpha value is -2.15. The number of aromatic amines is 1. The molecule has 0 amide bonds. The number of halogens is 1. The summed E-state index contributed by atoms with van der Waals surface area (Å²) < 4.78 is 5.62. The highest BCUT2D eigenvalue weighted by Gasteiger charge is 2.08. The topological polar surface area (TPSA) is 92.3 Å². The number of benzene rings is 1. The first kappa shape index (κ1) is 13.3. The van der Waals surface area contributed by atoms with Gasteiger partial charge in [0.25, 0.3) is 5.56 Å². The Kier molecular flexibility index (Phi) is 3.96. The van der Waals surface area contributed by atoms with Gasteiger partial charge in [0.05, 0.1) is 12.7 Å². The van der Waals surface area contributed by atoms with E-state index in [-0.39, 0.29) is 22.3 Å². The summed E-state index contributed by atoms with van der Waals surface area (Å²) in [6.07, 6.45) is 1.19. The highest BCUT2D eigenvalue weighted by Crippen LogP contribution is 2.24. The Morgan fingerprint density at radius 3 is 2.68 bits per heavy atom. The normalized spacial score (nSPS) is 10.2. The third-order valence-electron chi connectivity index (χ3n) is 2.26. The molecule has 1 aromatic heterocycles. The van der Waals surface area contributed by atoms with Gasteiger partial charge < -0.3 is 14.8 Å². The van der Waals surface area contributed by atoms with Crippen molar-refractivity contribution in [2.45, 2.75) is 6.42 Å². The minimum atomic E-state index is -0.896. The molecule has 2 rings (SSSR count). The lowest BCUT2D eigenvalue weighted by Gasteiger charge is -2.06. The number of carboxylic acids is 1. The number of ether oxygens (including phenoxy) is 1. The smallest absolute Gasteiger partial charge is 0.307 e. The van der Waals surface area contributed by atoms with Crippen LogP contribution in [0.4, 0.5) is 0 Å². The SMILES string of the molecule is O=C(O)Cc1ccc(Oc2nc[nH]c(=O)c2Br)cc1. The lowest BCUT2D eigenvalue weighted by Crippen LogP contribution is -2.08. The number of H-pyrrole nitrogens is 1. The van der Waals surface area contributed by atoms with Gasteiger partial charge in [-0.25, -0.2) is 4.98 Å². The van der Waals surface area contributed by atoms with E-state index in [1.54, 1.807) is 24.3 Å². The zero-order valence-corrected chi connectivity index (χ0v) is 11.2. The minimum absolute atomic E-state index is 0.0484. The average Bonchev–Trinajstić information content (AvgIpc) is 2.37. The van der Waals surface area contributed by atoms with Crippen LogP contribution < -0.4 is 10.3 Å². The number of nitrogens with zero attached hydrogens (tertiary/aromatic N) is 1. The molecule has 0 unspecified atom stereocenters. The second-order valence-electron chi connectivity index (χ2n) is 3.67. The molecule has 0 spiro atoms. The van der Waals surface area contributed by atoms with Gasteiger partial charge in [-0.2, -0.15) is 0 Å². The number of rotatable bonds is 4. The van der Waals surface area contributed by atoms with Crippen molar-refractivity contribution < 1.29 is 14.6 Å². The van der Waals surface area contributed by atoms with Gasteiger partial charge in [0.1, 0.15) is 10.2 Å². The molecule has 0 fully saturated rings. The molecule has 7 heteroatoms. The zero-order valence-electron chi connectivity index (χ0n) is 9.59. The van der Waals surface area contributed by atoms with Crippen molar-refractivity contribution in [1.82, 2.24) is 9.97 Å². The molecule has 6 nitrogen and oxygen atoms in total. The maximum absolute atomic E-state index is 11.3. The number of carboxylic acid groups (broad SMARTS) is 1. The van der Waals surface area contributed by atoms with Crippen molar-refractivity contribution >= 4 is 21.9 Å². The predicted molar refractivity (Wildman–Crippen MR) is 70.4 cm³/mol. The Morgan fingerprint density at radius 2 is 2.05 bits per heavy atom. The van der Waals surface area contributed by atoms with E-state index >= 15 is 0 Å². The van der Waals surface area contributed by atoms with Crippen LogP contribution in [0.2, 0.25) is 0 Å². The molecule has 2 aromatic rings. The standard InChI is InChI=1S/C12H9BrN2O4/c13-10-11(18)14-6-15-12(10)19-8-3-1-7(2-4-8)5-9(16)17/h1-4,6H,5H2,(H,16,17)(H,14,15,18). The van der Waals surface area contributed by atoms with Gasteiger partial charge in [-0.3, -0.25) is 9.59 Å². The van der Waals surface area contributed by atoms with E-state index in [1.165, 1.54) is 6.33 Å². The van der Waals surface area contributed by atoms with Crippen LogP contribution in [-0.2, 0) is 11.2 Å². The van der Waals surface area contributed by atoms with Crippen molar-refractivity contribution in [1.29, 1.82) is 0 Å². The Balaban J connectivity index is 2.17. The van der Waals surface area contributed by atoms with Gasteiger partial charge in [-0.1, -0.05) is 12.1 Å². The van der Waals surface area contributed by atoms with E-state index in [4.69, 9.17) is 9.84 Å². The molecule has 0 bridgehead atoms. The first-order chi connectivity index (χ1) is 9.06. The summed E-state index contributed by atoms with van der Waals surface area (Å²) in [5.74, 6) is -0.282. The summed E-state index contributed by atoms with van der Waals surface area (Å²) in [7, 11) is 0. The Labute approximate surface area is 116 Å². The molecule has 1 aromatic carbocycles. The van der Waals surface area contributed by atoms with Gasteiger partial charge in [0, 0.05) is 0 Å². The third-order valence-corrected chi connectivity index (χ3v) is 2.96. The van der Waals surface area contributed by atoms with Gasteiger partial charge in [0.15, 0.2) is 0 Å². The molecular formula is C12H9BrN2O4. The highest BCUT2D eigenvalue weighted by atomic mass is 79.9. The number of hydrogen-bond donors (Lipinski definition) is 2. The summed E-state index contributed by atoms with van der Waals surface area (Å²) in [5.41, 5.74) is 0.324. The number of aliphatic carboxylic acids is 1. The van der Waals surface area contributed by atoms with Crippen molar-refractivity contribution in [3.05, 3.63) is 51.0 Å². The monoisotopic (exact) mass is 324 g/mol. The van der Waals surface area contributed by atoms with E-state index in [0.29, 0.717) is 11.3 Å². The molecular weight excluding hydrogens is 316 g/mol. The molecule has 0 radical (unpaired) electrons. The van der Waals surface area contributed by atoms with Gasteiger partial charge in [-0.15, -0.1) is 0 Å². The van der Waals surface area contributed by atoms with E-state index in [2.05, 4.69) is 25.9 Å². The zero-order chi connectivity index (χ0) is 13.8. The quantitative estimate of drug-likeness (QED) is 0.896. The Bertz CT molecular complexity index is 652. The molecule has 0 atom stereocenters. The fraction of sp³-hybridized carbons (Fsp3) is 0.0833. The largest absolute Gasteiger partial charge is 0.481 e. The van der Waals surface area contributed by atoms with Crippen LogP contribution in [-0.4, -0.2) is 21.0 Å². The fourth-order valence-electron chi connectivity index (χ4n) is 1.40. The summed E-state index contributed by atoms with van der Waals surface area (Å²) in [6, 6.07) is 6.52. The first-order valence-electron chi connectivity index (χ1n) is 5.28. The molecule has 2 N–H and O–H groups in total. The maximum atomic E-state index is 11.3. The number of nitrogens with one attached hydrogen (secondary N) is 1. The summed E-state index contributed by atoms with van der Waals surface area (Å²) in [6.45, 7) is 0. The first-order valence-corrected chi connectivity index (χ1v) is 6.07. The predicted octanol–water partition coefficient (Wildman–Crippen LogP) is 1.95. The van der Waals surface area contributed by atoms with Crippen molar-refractivity contribution in [2.75, 3.05) is 0 Å². The van der Waals surface area contributed by atoms with E-state index in [1.807, 2.05) is 0 Å². The number of aromatic nitrogens is 2. The van der Waals surface area contributed by atoms with Crippen LogP contribution >= 0.6 is 15.9 Å². The second kappa shape index (κ2) is 5.66. The summed E-state index contributed by atoms with van der Waals surface area (Å²) >= 11 is 3.08. The summed E-state index contributed by atoms with van der Waals surface area (Å²) in [4.78, 5) is 28.1. The lowest BCUT2D eigenvalue weighted by molar-refractivity contribution is -0.136. The highest BCUT2D eigenvalue weighted by molar-refractivity contribution is 9.10. The number of carbonyl (C=O) groups is 1. The third kappa shape index (κ3) is 3.41.